The van der Waals surface area contributed by atoms with Crippen LogP contribution in [0.3, 0.4) is 0 Å². The van der Waals surface area contributed by atoms with Gasteiger partial charge in [0.25, 0.3) is 0 Å². The average molecular weight is 288 g/mol. The van der Waals surface area contributed by atoms with E-state index in [1.807, 2.05) is 13.8 Å². The number of aliphatic hydroxyl groups is 1. The van der Waals surface area contributed by atoms with Crippen molar-refractivity contribution in [3.8, 4) is 0 Å². The highest BCUT2D eigenvalue weighted by Gasteiger charge is 2.32. The molecule has 116 valence electrons. The number of hydrogen-bond acceptors (Lipinski definition) is 4. The van der Waals surface area contributed by atoms with Crippen LogP contribution in [-0.4, -0.2) is 77.0 Å². The summed E-state index contributed by atoms with van der Waals surface area (Å²) in [6.45, 7) is 5.38. The molecule has 7 nitrogen and oxygen atoms in total. The first-order valence-electron chi connectivity index (χ1n) is 6.95. The predicted octanol–water partition coefficient (Wildman–Crippen LogP) is 0.375. The lowest BCUT2D eigenvalue weighted by Crippen LogP contribution is -2.55. The summed E-state index contributed by atoms with van der Waals surface area (Å²) in [5.74, 6) is -0.940. The summed E-state index contributed by atoms with van der Waals surface area (Å²) >= 11 is 0. The van der Waals surface area contributed by atoms with Crippen molar-refractivity contribution in [1.29, 1.82) is 0 Å². The Morgan fingerprint density at radius 3 is 2.70 bits per heavy atom. The van der Waals surface area contributed by atoms with Gasteiger partial charge in [-0.1, -0.05) is 0 Å². The predicted molar refractivity (Wildman–Crippen MR) is 72.5 cm³/mol. The Hall–Kier alpha value is -1.34. The van der Waals surface area contributed by atoms with Crippen LogP contribution in [0.25, 0.3) is 0 Å². The van der Waals surface area contributed by atoms with Crippen molar-refractivity contribution in [1.82, 2.24) is 9.80 Å². The zero-order valence-electron chi connectivity index (χ0n) is 12.1. The Balaban J connectivity index is 2.75. The number of carboxylic acids is 1. The lowest BCUT2D eigenvalue weighted by Gasteiger charge is -2.39. The minimum Gasteiger partial charge on any atom is -0.481 e. The first-order chi connectivity index (χ1) is 9.47. The van der Waals surface area contributed by atoms with Gasteiger partial charge < -0.3 is 24.7 Å². The van der Waals surface area contributed by atoms with E-state index in [1.165, 1.54) is 0 Å². The molecule has 1 rings (SSSR count). The molecule has 0 spiro atoms. The molecule has 1 heterocycles. The van der Waals surface area contributed by atoms with Crippen molar-refractivity contribution in [2.45, 2.75) is 38.8 Å². The van der Waals surface area contributed by atoms with Crippen molar-refractivity contribution in [3.63, 3.8) is 0 Å². The summed E-state index contributed by atoms with van der Waals surface area (Å²) in [5, 5.41) is 17.8. The van der Waals surface area contributed by atoms with Gasteiger partial charge in [-0.25, -0.2) is 4.79 Å². The fourth-order valence-electron chi connectivity index (χ4n) is 2.26. The number of aliphatic carboxylic acids is 1. The van der Waals surface area contributed by atoms with Gasteiger partial charge in [-0.15, -0.1) is 0 Å². The molecule has 2 amide bonds. The highest BCUT2D eigenvalue weighted by atomic mass is 16.5. The second-order valence-corrected chi connectivity index (χ2v) is 5.17. The zero-order valence-corrected chi connectivity index (χ0v) is 12.1. The minimum atomic E-state index is -0.940. The lowest BCUT2D eigenvalue weighted by molar-refractivity contribution is -0.139. The molecule has 0 aromatic rings. The summed E-state index contributed by atoms with van der Waals surface area (Å²) < 4.78 is 5.27. The Labute approximate surface area is 119 Å². The SMILES string of the molecule is CC(C)N(CCCO)C(=O)N1CCOCC1CC(=O)O. The highest BCUT2D eigenvalue weighted by molar-refractivity contribution is 5.76. The molecule has 1 saturated heterocycles. The maximum Gasteiger partial charge on any atom is 0.320 e. The number of carboxylic acid groups (broad SMARTS) is 1. The Bertz CT molecular complexity index is 335. The van der Waals surface area contributed by atoms with E-state index in [0.29, 0.717) is 26.1 Å². The van der Waals surface area contributed by atoms with Crippen LogP contribution in [0.4, 0.5) is 4.79 Å². The number of carbonyl (C=O) groups excluding carboxylic acids is 1. The van der Waals surface area contributed by atoms with E-state index in [-0.39, 0.29) is 31.7 Å². The molecule has 0 radical (unpaired) electrons. The Morgan fingerprint density at radius 2 is 2.15 bits per heavy atom. The quantitative estimate of drug-likeness (QED) is 0.737. The summed E-state index contributed by atoms with van der Waals surface area (Å²) in [7, 11) is 0. The molecule has 0 saturated carbocycles. The van der Waals surface area contributed by atoms with Gasteiger partial charge in [0.05, 0.1) is 25.7 Å². The first-order valence-corrected chi connectivity index (χ1v) is 6.95. The van der Waals surface area contributed by atoms with Crippen LogP contribution in [0.2, 0.25) is 0 Å². The van der Waals surface area contributed by atoms with E-state index < -0.39 is 12.0 Å². The molecular formula is C13H24N2O5. The number of rotatable bonds is 6. The van der Waals surface area contributed by atoms with Crippen LogP contribution >= 0.6 is 0 Å². The van der Waals surface area contributed by atoms with Crippen LogP contribution in [0.1, 0.15) is 26.7 Å². The Morgan fingerprint density at radius 1 is 1.45 bits per heavy atom. The van der Waals surface area contributed by atoms with Gasteiger partial charge in [0.1, 0.15) is 0 Å². The molecule has 0 aliphatic carbocycles. The van der Waals surface area contributed by atoms with Crippen LogP contribution in [0, 0.1) is 0 Å². The fraction of sp³-hybridized carbons (Fsp3) is 0.846. The average Bonchev–Trinajstić information content (AvgIpc) is 2.38. The number of amides is 2. The van der Waals surface area contributed by atoms with Gasteiger partial charge in [-0.2, -0.15) is 0 Å². The number of morpholine rings is 1. The van der Waals surface area contributed by atoms with E-state index in [1.54, 1.807) is 9.80 Å². The van der Waals surface area contributed by atoms with Gasteiger partial charge in [0.15, 0.2) is 0 Å². The van der Waals surface area contributed by atoms with Crippen molar-refractivity contribution in [2.24, 2.45) is 0 Å². The monoisotopic (exact) mass is 288 g/mol. The summed E-state index contributed by atoms with van der Waals surface area (Å²) in [6, 6.07) is -0.602. The normalized spacial score (nSPS) is 19.2. The van der Waals surface area contributed by atoms with E-state index in [9.17, 15) is 9.59 Å². The lowest BCUT2D eigenvalue weighted by atomic mass is 10.1. The molecule has 7 heteroatoms. The molecule has 0 aromatic carbocycles. The topological polar surface area (TPSA) is 90.3 Å². The van der Waals surface area contributed by atoms with Gasteiger partial charge in [-0.3, -0.25) is 4.79 Å². The number of urea groups is 1. The molecule has 1 unspecified atom stereocenters. The summed E-state index contributed by atoms with van der Waals surface area (Å²) in [6.07, 6.45) is 0.398. The van der Waals surface area contributed by atoms with Gasteiger partial charge in [0.2, 0.25) is 0 Å². The molecule has 2 N–H and O–H groups in total. The van der Waals surface area contributed by atoms with Crippen LogP contribution in [-0.2, 0) is 9.53 Å². The zero-order chi connectivity index (χ0) is 15.1. The molecule has 1 aliphatic rings. The van der Waals surface area contributed by atoms with Crippen LogP contribution in [0.15, 0.2) is 0 Å². The third-order valence-electron chi connectivity index (χ3n) is 3.31. The second-order valence-electron chi connectivity index (χ2n) is 5.17. The number of aliphatic hydroxyl groups excluding tert-OH is 1. The standard InChI is InChI=1S/C13H24N2O5/c1-10(2)14(4-3-6-16)13(19)15-5-7-20-9-11(15)8-12(17)18/h10-11,16H,3-9H2,1-2H3,(H,17,18). The second kappa shape index (κ2) is 8.06. The van der Waals surface area contributed by atoms with E-state index in [4.69, 9.17) is 14.9 Å². The number of ether oxygens (including phenoxy) is 1. The van der Waals surface area contributed by atoms with Gasteiger partial charge in [0, 0.05) is 25.7 Å². The third kappa shape index (κ3) is 4.64. The molecule has 1 fully saturated rings. The molecule has 0 aromatic heterocycles. The summed E-state index contributed by atoms with van der Waals surface area (Å²) in [4.78, 5) is 26.7. The van der Waals surface area contributed by atoms with Gasteiger partial charge in [-0.05, 0) is 20.3 Å². The van der Waals surface area contributed by atoms with Crippen molar-refractivity contribution in [3.05, 3.63) is 0 Å². The van der Waals surface area contributed by atoms with Crippen molar-refractivity contribution >= 4 is 12.0 Å². The van der Waals surface area contributed by atoms with Crippen molar-refractivity contribution < 1.29 is 24.5 Å². The molecule has 20 heavy (non-hydrogen) atoms. The highest BCUT2D eigenvalue weighted by Crippen LogP contribution is 2.15. The maximum atomic E-state index is 12.6. The molecule has 1 aliphatic heterocycles. The van der Waals surface area contributed by atoms with Gasteiger partial charge >= 0.3 is 12.0 Å². The maximum absolute atomic E-state index is 12.6. The Kier molecular flexibility index (Phi) is 6.74. The number of carbonyl (C=O) groups is 2. The molecular weight excluding hydrogens is 264 g/mol. The van der Waals surface area contributed by atoms with Crippen molar-refractivity contribution in [2.75, 3.05) is 32.9 Å². The molecule has 1 atom stereocenters. The van der Waals surface area contributed by atoms with E-state index in [0.717, 1.165) is 0 Å². The van der Waals surface area contributed by atoms with Crippen LogP contribution in [0.5, 0.6) is 0 Å². The molecule has 0 bridgehead atoms. The largest absolute Gasteiger partial charge is 0.481 e. The summed E-state index contributed by atoms with van der Waals surface area (Å²) in [5.41, 5.74) is 0. The fourth-order valence-corrected chi connectivity index (χ4v) is 2.26. The van der Waals surface area contributed by atoms with Crippen LogP contribution < -0.4 is 0 Å². The third-order valence-corrected chi connectivity index (χ3v) is 3.31. The first kappa shape index (κ1) is 16.7. The minimum absolute atomic E-state index is 0.00220. The smallest absolute Gasteiger partial charge is 0.320 e. The number of hydrogen-bond donors (Lipinski definition) is 2. The number of nitrogens with zero attached hydrogens (tertiary/aromatic N) is 2. The van der Waals surface area contributed by atoms with E-state index in [2.05, 4.69) is 0 Å². The van der Waals surface area contributed by atoms with E-state index >= 15 is 0 Å².